The van der Waals surface area contributed by atoms with Crippen molar-refractivity contribution in [3.8, 4) is 0 Å². The molecule has 0 aliphatic carbocycles. The molecule has 70 valence electrons. The van der Waals surface area contributed by atoms with Gasteiger partial charge in [-0.3, -0.25) is 5.21 Å². The molecule has 0 radical (unpaired) electrons. The highest BCUT2D eigenvalue weighted by atomic mass is 35.5. The number of carboxylic acid groups (broad SMARTS) is 1. The summed E-state index contributed by atoms with van der Waals surface area (Å²) in [6.07, 6.45) is -1.49. The zero-order chi connectivity index (χ0) is 10.0. The van der Waals surface area contributed by atoms with Crippen LogP contribution in [0.4, 0.5) is 10.5 Å². The third kappa shape index (κ3) is 2.24. The Balaban J connectivity index is 3.03. The highest BCUT2D eigenvalue weighted by Crippen LogP contribution is 2.26. The lowest BCUT2D eigenvalue weighted by Gasteiger charge is -2.10. The maximum atomic E-state index is 10.3. The molecule has 0 saturated heterocycles. The first-order valence-electron chi connectivity index (χ1n) is 3.19. The Morgan fingerprint density at radius 2 is 1.92 bits per heavy atom. The molecule has 2 N–H and O–H groups in total. The Hall–Kier alpha value is -0.970. The van der Waals surface area contributed by atoms with Crippen LogP contribution in [0.15, 0.2) is 18.2 Å². The van der Waals surface area contributed by atoms with Crippen LogP contribution in [-0.2, 0) is 0 Å². The molecular weight excluding hydrogens is 217 g/mol. The van der Waals surface area contributed by atoms with E-state index in [-0.39, 0.29) is 15.8 Å². The normalized spacial score (nSPS) is 9.77. The summed E-state index contributed by atoms with van der Waals surface area (Å²) in [5.41, 5.74) is 0.0434. The van der Waals surface area contributed by atoms with Gasteiger partial charge in [0.1, 0.15) is 0 Å². The zero-order valence-corrected chi connectivity index (χ0v) is 7.75. The number of halogens is 2. The summed E-state index contributed by atoms with van der Waals surface area (Å²) in [6.45, 7) is 0. The number of amides is 1. The minimum Gasteiger partial charge on any atom is -0.463 e. The van der Waals surface area contributed by atoms with E-state index >= 15 is 0 Å². The topological polar surface area (TPSA) is 60.8 Å². The molecule has 13 heavy (non-hydrogen) atoms. The molecule has 1 aromatic carbocycles. The first-order valence-corrected chi connectivity index (χ1v) is 3.95. The predicted molar refractivity (Wildman–Crippen MR) is 48.8 cm³/mol. The fourth-order valence-electron chi connectivity index (χ4n) is 0.727. The van der Waals surface area contributed by atoms with Crippen molar-refractivity contribution in [1.29, 1.82) is 0 Å². The monoisotopic (exact) mass is 221 g/mol. The van der Waals surface area contributed by atoms with Gasteiger partial charge in [-0.1, -0.05) is 23.2 Å². The zero-order valence-electron chi connectivity index (χ0n) is 6.24. The van der Waals surface area contributed by atoms with Gasteiger partial charge < -0.3 is 5.11 Å². The largest absolute Gasteiger partial charge is 0.463 e. The Morgan fingerprint density at radius 1 is 1.31 bits per heavy atom. The van der Waals surface area contributed by atoms with Gasteiger partial charge in [-0.05, 0) is 18.2 Å². The smallest absolute Gasteiger partial charge is 0.436 e. The van der Waals surface area contributed by atoms with Crippen LogP contribution in [-0.4, -0.2) is 16.4 Å². The van der Waals surface area contributed by atoms with E-state index in [1.165, 1.54) is 18.2 Å². The Morgan fingerprint density at radius 3 is 2.38 bits per heavy atom. The van der Waals surface area contributed by atoms with Crippen LogP contribution in [0.5, 0.6) is 0 Å². The van der Waals surface area contributed by atoms with Crippen LogP contribution in [0.3, 0.4) is 0 Å². The summed E-state index contributed by atoms with van der Waals surface area (Å²) in [5, 5.41) is 17.9. The molecule has 0 aromatic heterocycles. The molecule has 0 saturated carbocycles. The van der Waals surface area contributed by atoms with Gasteiger partial charge >= 0.3 is 6.09 Å². The summed E-state index contributed by atoms with van der Waals surface area (Å²) in [7, 11) is 0. The average molecular weight is 222 g/mol. The number of hydroxylamine groups is 1. The number of rotatable bonds is 1. The van der Waals surface area contributed by atoms with E-state index in [0.717, 1.165) is 0 Å². The molecule has 1 amide bonds. The van der Waals surface area contributed by atoms with Gasteiger partial charge in [0.2, 0.25) is 0 Å². The number of benzene rings is 1. The van der Waals surface area contributed by atoms with Crippen molar-refractivity contribution in [2.75, 3.05) is 5.06 Å². The molecule has 4 nitrogen and oxygen atoms in total. The predicted octanol–water partition coefficient (Wildman–Crippen LogP) is 2.87. The molecule has 0 aliphatic rings. The van der Waals surface area contributed by atoms with Gasteiger partial charge in [0.25, 0.3) is 0 Å². The van der Waals surface area contributed by atoms with Gasteiger partial charge in [-0.25, -0.2) is 4.79 Å². The van der Waals surface area contributed by atoms with E-state index in [2.05, 4.69) is 0 Å². The number of hydrogen-bond donors (Lipinski definition) is 2. The maximum absolute atomic E-state index is 10.3. The van der Waals surface area contributed by atoms with Gasteiger partial charge in [0.15, 0.2) is 0 Å². The lowest BCUT2D eigenvalue weighted by Crippen LogP contribution is -2.24. The van der Waals surface area contributed by atoms with Crippen molar-refractivity contribution in [1.82, 2.24) is 0 Å². The lowest BCUT2D eigenvalue weighted by atomic mass is 10.3. The molecule has 6 heteroatoms. The van der Waals surface area contributed by atoms with Crippen LogP contribution in [0.1, 0.15) is 0 Å². The molecule has 1 rings (SSSR count). The second kappa shape index (κ2) is 3.83. The third-order valence-electron chi connectivity index (χ3n) is 1.33. The maximum Gasteiger partial charge on any atom is 0.436 e. The van der Waals surface area contributed by atoms with Crippen LogP contribution in [0, 0.1) is 0 Å². The number of carbonyl (C=O) groups is 1. The summed E-state index contributed by atoms with van der Waals surface area (Å²) in [5.74, 6) is 0. The Kier molecular flexibility index (Phi) is 2.98. The quantitative estimate of drug-likeness (QED) is 0.567. The number of anilines is 1. The van der Waals surface area contributed by atoms with E-state index in [1.54, 1.807) is 0 Å². The van der Waals surface area contributed by atoms with E-state index in [0.29, 0.717) is 5.02 Å². The third-order valence-corrected chi connectivity index (χ3v) is 2.07. The van der Waals surface area contributed by atoms with Crippen LogP contribution >= 0.6 is 23.2 Å². The highest BCUT2D eigenvalue weighted by Gasteiger charge is 2.11. The van der Waals surface area contributed by atoms with Crippen molar-refractivity contribution in [3.63, 3.8) is 0 Å². The first-order chi connectivity index (χ1) is 6.02. The summed E-state index contributed by atoms with van der Waals surface area (Å²) < 4.78 is 0. The van der Waals surface area contributed by atoms with E-state index in [1.807, 2.05) is 0 Å². The number of hydrogen-bond acceptors (Lipinski definition) is 2. The molecule has 0 fully saturated rings. The number of nitrogens with zero attached hydrogens (tertiary/aromatic N) is 1. The molecule has 0 atom stereocenters. The highest BCUT2D eigenvalue weighted by molar-refractivity contribution is 6.42. The summed E-state index contributed by atoms with van der Waals surface area (Å²) in [6, 6.07) is 3.98. The molecule has 0 aliphatic heterocycles. The van der Waals surface area contributed by atoms with Gasteiger partial charge in [-0.2, -0.15) is 5.06 Å². The van der Waals surface area contributed by atoms with Crippen LogP contribution in [0.25, 0.3) is 0 Å². The first kappa shape index (κ1) is 10.1. The van der Waals surface area contributed by atoms with Crippen LogP contribution < -0.4 is 5.06 Å². The molecule has 1 aromatic rings. The fraction of sp³-hybridized carbons (Fsp3) is 0. The van der Waals surface area contributed by atoms with Crippen molar-refractivity contribution in [3.05, 3.63) is 28.2 Å². The Bertz CT molecular complexity index is 343. The van der Waals surface area contributed by atoms with Crippen LogP contribution in [0.2, 0.25) is 10.0 Å². The van der Waals surface area contributed by atoms with E-state index < -0.39 is 6.09 Å². The van der Waals surface area contributed by atoms with Gasteiger partial charge in [0.05, 0.1) is 15.7 Å². The van der Waals surface area contributed by atoms with Gasteiger partial charge in [0, 0.05) is 0 Å². The van der Waals surface area contributed by atoms with Crippen molar-refractivity contribution < 1.29 is 15.1 Å². The average Bonchev–Trinajstić information content (AvgIpc) is 2.08. The fourth-order valence-corrected chi connectivity index (χ4v) is 1.02. The molecule has 0 unspecified atom stereocenters. The summed E-state index contributed by atoms with van der Waals surface area (Å²) >= 11 is 11.2. The summed E-state index contributed by atoms with van der Waals surface area (Å²) in [4.78, 5) is 10.3. The van der Waals surface area contributed by atoms with Crippen molar-refractivity contribution in [2.24, 2.45) is 0 Å². The Labute approximate surface area is 83.9 Å². The van der Waals surface area contributed by atoms with E-state index in [9.17, 15) is 4.79 Å². The van der Waals surface area contributed by atoms with Gasteiger partial charge in [-0.15, -0.1) is 0 Å². The lowest BCUT2D eigenvalue weighted by molar-refractivity contribution is 0.160. The van der Waals surface area contributed by atoms with Crippen molar-refractivity contribution >= 4 is 35.0 Å². The van der Waals surface area contributed by atoms with Crippen molar-refractivity contribution in [2.45, 2.75) is 0 Å². The minimum absolute atomic E-state index is 0.0434. The second-order valence-electron chi connectivity index (χ2n) is 2.19. The second-order valence-corrected chi connectivity index (χ2v) is 3.01. The molecular formula is C7H5Cl2NO3. The van der Waals surface area contributed by atoms with E-state index in [4.69, 9.17) is 33.5 Å². The molecule has 0 bridgehead atoms. The standard InChI is InChI=1S/C7H5Cl2NO3/c8-5-2-1-4(3-6(5)9)10(13)7(11)12/h1-3,13H,(H,11,12). The SMILES string of the molecule is O=C(O)N(O)c1ccc(Cl)c(Cl)c1. The minimum atomic E-state index is -1.49. The molecule has 0 spiro atoms. The molecule has 0 heterocycles.